The van der Waals surface area contributed by atoms with Crippen molar-refractivity contribution in [2.75, 3.05) is 6.61 Å². The van der Waals surface area contributed by atoms with Gasteiger partial charge in [0, 0.05) is 6.92 Å². The fourth-order valence-electron chi connectivity index (χ4n) is 0.878. The van der Waals surface area contributed by atoms with Gasteiger partial charge in [0.05, 0.1) is 18.8 Å². The summed E-state index contributed by atoms with van der Waals surface area (Å²) in [6.45, 7) is 2.86. The standard InChI is InChI=1S/C7H15NO3/c1-5(10)3-7(4-9)8-6(2)11/h5,7,9-10H,3-4H2,1-2H3,(H,8,11)/t5?,7-/m1/s1. The zero-order valence-electron chi connectivity index (χ0n) is 6.87. The highest BCUT2D eigenvalue weighted by molar-refractivity contribution is 5.73. The van der Waals surface area contributed by atoms with E-state index in [2.05, 4.69) is 5.32 Å². The first-order chi connectivity index (χ1) is 5.06. The second-order valence-electron chi connectivity index (χ2n) is 2.66. The molecule has 0 heterocycles. The monoisotopic (exact) mass is 161 g/mol. The highest BCUT2D eigenvalue weighted by Crippen LogP contribution is 1.96. The number of nitrogens with one attached hydrogen (secondary N) is 1. The van der Waals surface area contributed by atoms with Crippen LogP contribution in [-0.4, -0.2) is 34.9 Å². The molecule has 0 fully saturated rings. The number of aliphatic hydroxyl groups excluding tert-OH is 2. The van der Waals surface area contributed by atoms with Crippen molar-refractivity contribution in [1.82, 2.24) is 5.32 Å². The van der Waals surface area contributed by atoms with Crippen molar-refractivity contribution >= 4 is 5.91 Å². The molecule has 0 saturated heterocycles. The van der Waals surface area contributed by atoms with Crippen LogP contribution in [0.2, 0.25) is 0 Å². The quantitative estimate of drug-likeness (QED) is 0.508. The van der Waals surface area contributed by atoms with Crippen LogP contribution in [0.3, 0.4) is 0 Å². The molecule has 0 bridgehead atoms. The number of hydrogen-bond acceptors (Lipinski definition) is 3. The Kier molecular flexibility index (Phi) is 4.81. The Hall–Kier alpha value is -0.610. The Morgan fingerprint density at radius 3 is 2.45 bits per heavy atom. The fraction of sp³-hybridized carbons (Fsp3) is 0.857. The summed E-state index contributed by atoms with van der Waals surface area (Å²) in [4.78, 5) is 10.5. The molecule has 4 heteroatoms. The third-order valence-corrected chi connectivity index (χ3v) is 1.25. The van der Waals surface area contributed by atoms with Crippen molar-refractivity contribution in [3.05, 3.63) is 0 Å². The second kappa shape index (κ2) is 5.09. The van der Waals surface area contributed by atoms with Gasteiger partial charge in [0.15, 0.2) is 0 Å². The molecule has 3 N–H and O–H groups in total. The van der Waals surface area contributed by atoms with E-state index in [1.807, 2.05) is 0 Å². The van der Waals surface area contributed by atoms with Crippen LogP contribution in [0.25, 0.3) is 0 Å². The van der Waals surface area contributed by atoms with Crippen molar-refractivity contribution in [3.8, 4) is 0 Å². The smallest absolute Gasteiger partial charge is 0.217 e. The van der Waals surface area contributed by atoms with Crippen molar-refractivity contribution < 1.29 is 15.0 Å². The van der Waals surface area contributed by atoms with Crippen molar-refractivity contribution in [2.45, 2.75) is 32.4 Å². The topological polar surface area (TPSA) is 69.6 Å². The number of rotatable bonds is 4. The third kappa shape index (κ3) is 5.82. The average Bonchev–Trinajstić information content (AvgIpc) is 1.84. The molecule has 0 aromatic heterocycles. The third-order valence-electron chi connectivity index (χ3n) is 1.25. The Balaban J connectivity index is 3.66. The maximum absolute atomic E-state index is 10.5. The van der Waals surface area contributed by atoms with E-state index in [0.29, 0.717) is 6.42 Å². The summed E-state index contributed by atoms with van der Waals surface area (Å²) in [5.74, 6) is -0.190. The number of carbonyl (C=O) groups excluding carboxylic acids is 1. The van der Waals surface area contributed by atoms with Crippen LogP contribution in [0.5, 0.6) is 0 Å². The minimum Gasteiger partial charge on any atom is -0.394 e. The molecule has 0 aliphatic heterocycles. The highest BCUT2D eigenvalue weighted by Gasteiger charge is 2.10. The van der Waals surface area contributed by atoms with Gasteiger partial charge in [-0.3, -0.25) is 4.79 Å². The molecule has 11 heavy (non-hydrogen) atoms. The Morgan fingerprint density at radius 2 is 2.18 bits per heavy atom. The largest absolute Gasteiger partial charge is 0.394 e. The number of amides is 1. The summed E-state index contributed by atoms with van der Waals surface area (Å²) < 4.78 is 0. The summed E-state index contributed by atoms with van der Waals surface area (Å²) in [5, 5.41) is 20.1. The molecule has 0 radical (unpaired) electrons. The van der Waals surface area contributed by atoms with E-state index in [0.717, 1.165) is 0 Å². The Bertz CT molecular complexity index is 125. The molecule has 2 atom stereocenters. The van der Waals surface area contributed by atoms with Crippen LogP contribution >= 0.6 is 0 Å². The highest BCUT2D eigenvalue weighted by atomic mass is 16.3. The lowest BCUT2D eigenvalue weighted by Gasteiger charge is -2.16. The fourth-order valence-corrected chi connectivity index (χ4v) is 0.878. The molecule has 0 spiro atoms. The van der Waals surface area contributed by atoms with Crippen LogP contribution < -0.4 is 5.32 Å². The molecule has 0 rings (SSSR count). The minimum absolute atomic E-state index is 0.134. The van der Waals surface area contributed by atoms with E-state index in [9.17, 15) is 4.79 Å². The summed E-state index contributed by atoms with van der Waals surface area (Å²) in [6.07, 6.45) is -0.116. The number of carbonyl (C=O) groups is 1. The molecule has 0 aromatic carbocycles. The summed E-state index contributed by atoms with van der Waals surface area (Å²) >= 11 is 0. The predicted octanol–water partition coefficient (Wildman–Crippen LogP) is -0.746. The lowest BCUT2D eigenvalue weighted by molar-refractivity contribution is -0.120. The molecule has 0 saturated carbocycles. The second-order valence-corrected chi connectivity index (χ2v) is 2.66. The van der Waals surface area contributed by atoms with Crippen LogP contribution in [0.15, 0.2) is 0 Å². The van der Waals surface area contributed by atoms with E-state index < -0.39 is 6.10 Å². The summed E-state index contributed by atoms with van der Waals surface area (Å²) in [5.41, 5.74) is 0. The molecule has 66 valence electrons. The summed E-state index contributed by atoms with van der Waals surface area (Å²) in [6, 6.07) is -0.326. The average molecular weight is 161 g/mol. The first-order valence-corrected chi connectivity index (χ1v) is 3.62. The lowest BCUT2D eigenvalue weighted by Crippen LogP contribution is -2.38. The van der Waals surface area contributed by atoms with Crippen LogP contribution in [-0.2, 0) is 4.79 Å². The van der Waals surface area contributed by atoms with Gasteiger partial charge >= 0.3 is 0 Å². The molecule has 0 aliphatic carbocycles. The maximum Gasteiger partial charge on any atom is 0.217 e. The van der Waals surface area contributed by atoms with Gasteiger partial charge in [0.2, 0.25) is 5.91 Å². The molecular weight excluding hydrogens is 146 g/mol. The van der Waals surface area contributed by atoms with Gasteiger partial charge in [-0.2, -0.15) is 0 Å². The van der Waals surface area contributed by atoms with Gasteiger partial charge in [-0.15, -0.1) is 0 Å². The zero-order valence-corrected chi connectivity index (χ0v) is 6.87. The number of aliphatic hydroxyl groups is 2. The van der Waals surface area contributed by atoms with Crippen molar-refractivity contribution in [3.63, 3.8) is 0 Å². The van der Waals surface area contributed by atoms with Crippen LogP contribution in [0.1, 0.15) is 20.3 Å². The zero-order chi connectivity index (χ0) is 8.85. The van der Waals surface area contributed by atoms with Gasteiger partial charge in [0.1, 0.15) is 0 Å². The first-order valence-electron chi connectivity index (χ1n) is 3.62. The number of hydrogen-bond donors (Lipinski definition) is 3. The summed E-state index contributed by atoms with van der Waals surface area (Å²) in [7, 11) is 0. The van der Waals surface area contributed by atoms with E-state index in [-0.39, 0.29) is 18.6 Å². The van der Waals surface area contributed by atoms with Crippen molar-refractivity contribution in [1.29, 1.82) is 0 Å². The van der Waals surface area contributed by atoms with Gasteiger partial charge in [0.25, 0.3) is 0 Å². The molecule has 1 unspecified atom stereocenters. The molecule has 0 aliphatic rings. The van der Waals surface area contributed by atoms with Gasteiger partial charge in [-0.1, -0.05) is 0 Å². The molecule has 4 nitrogen and oxygen atoms in total. The van der Waals surface area contributed by atoms with E-state index in [1.54, 1.807) is 6.92 Å². The van der Waals surface area contributed by atoms with E-state index >= 15 is 0 Å². The normalized spacial score (nSPS) is 15.6. The molecular formula is C7H15NO3. The van der Waals surface area contributed by atoms with Crippen LogP contribution in [0.4, 0.5) is 0 Å². The Labute approximate surface area is 66.2 Å². The van der Waals surface area contributed by atoms with Crippen molar-refractivity contribution in [2.24, 2.45) is 0 Å². The molecule has 0 aromatic rings. The van der Waals surface area contributed by atoms with Gasteiger partial charge in [-0.05, 0) is 13.3 Å². The van der Waals surface area contributed by atoms with E-state index in [4.69, 9.17) is 10.2 Å². The first kappa shape index (κ1) is 10.4. The predicted molar refractivity (Wildman–Crippen MR) is 41.0 cm³/mol. The minimum atomic E-state index is -0.501. The SMILES string of the molecule is CC(=O)N[C@@H](CO)CC(C)O. The van der Waals surface area contributed by atoms with E-state index in [1.165, 1.54) is 6.92 Å². The lowest BCUT2D eigenvalue weighted by atomic mass is 10.1. The Morgan fingerprint density at radius 1 is 1.64 bits per heavy atom. The maximum atomic E-state index is 10.5. The van der Waals surface area contributed by atoms with Gasteiger partial charge < -0.3 is 15.5 Å². The van der Waals surface area contributed by atoms with Gasteiger partial charge in [-0.25, -0.2) is 0 Å². The van der Waals surface area contributed by atoms with Crippen LogP contribution in [0, 0.1) is 0 Å². The molecule has 1 amide bonds.